The molecule has 0 fully saturated rings. The monoisotopic (exact) mass is 127 g/mol. The molecule has 1 unspecified atom stereocenters. The van der Waals surface area contributed by atoms with Crippen molar-refractivity contribution in [3.63, 3.8) is 0 Å². The zero-order valence-corrected chi connectivity index (χ0v) is 4.91. The van der Waals surface area contributed by atoms with Crippen LogP contribution in [0.25, 0.3) is 0 Å². The van der Waals surface area contributed by atoms with Crippen LogP contribution in [0.1, 0.15) is 11.7 Å². The van der Waals surface area contributed by atoms with Crippen LogP contribution in [0.15, 0.2) is 12.4 Å². The molecule has 0 bridgehead atoms. The van der Waals surface area contributed by atoms with Crippen LogP contribution in [0.2, 0.25) is 0 Å². The Hall–Kier alpha value is -0.870. The van der Waals surface area contributed by atoms with Gasteiger partial charge in [-0.3, -0.25) is 5.10 Å². The third-order valence-corrected chi connectivity index (χ3v) is 1.13. The molecule has 4 N–H and O–H groups in total. The second-order valence-electron chi connectivity index (χ2n) is 1.78. The van der Waals surface area contributed by atoms with E-state index in [-0.39, 0.29) is 6.54 Å². The Balaban J connectivity index is 2.65. The fourth-order valence-corrected chi connectivity index (χ4v) is 0.579. The number of aliphatic hydroxyl groups excluding tert-OH is 1. The summed E-state index contributed by atoms with van der Waals surface area (Å²) >= 11 is 0. The van der Waals surface area contributed by atoms with Crippen LogP contribution >= 0.6 is 0 Å². The van der Waals surface area contributed by atoms with Crippen molar-refractivity contribution >= 4 is 0 Å². The van der Waals surface area contributed by atoms with Crippen molar-refractivity contribution < 1.29 is 5.11 Å². The van der Waals surface area contributed by atoms with Gasteiger partial charge in [0.25, 0.3) is 0 Å². The van der Waals surface area contributed by atoms with E-state index < -0.39 is 6.10 Å². The maximum absolute atomic E-state index is 9.03. The van der Waals surface area contributed by atoms with Gasteiger partial charge < -0.3 is 10.8 Å². The lowest BCUT2D eigenvalue weighted by Gasteiger charge is -2.00. The summed E-state index contributed by atoms with van der Waals surface area (Å²) < 4.78 is 0. The number of nitrogens with one attached hydrogen (secondary N) is 1. The molecule has 0 aliphatic carbocycles. The zero-order valence-electron chi connectivity index (χ0n) is 4.91. The molecule has 0 spiro atoms. The first-order valence-corrected chi connectivity index (χ1v) is 2.71. The van der Waals surface area contributed by atoms with Crippen LogP contribution in [0.5, 0.6) is 0 Å². The molecular formula is C5H9N3O. The van der Waals surface area contributed by atoms with Crippen molar-refractivity contribution in [2.45, 2.75) is 6.10 Å². The Morgan fingerprint density at radius 2 is 2.67 bits per heavy atom. The van der Waals surface area contributed by atoms with Crippen LogP contribution < -0.4 is 5.73 Å². The molecule has 1 aromatic rings. The minimum atomic E-state index is -0.580. The molecule has 0 saturated heterocycles. The van der Waals surface area contributed by atoms with Gasteiger partial charge in [-0.15, -0.1) is 0 Å². The maximum Gasteiger partial charge on any atom is 0.0942 e. The molecule has 0 radical (unpaired) electrons. The molecule has 0 aliphatic heterocycles. The Kier molecular flexibility index (Phi) is 1.81. The highest BCUT2D eigenvalue weighted by molar-refractivity contribution is 5.06. The van der Waals surface area contributed by atoms with Crippen molar-refractivity contribution in [3.8, 4) is 0 Å². The molecule has 4 heteroatoms. The summed E-state index contributed by atoms with van der Waals surface area (Å²) in [6.07, 6.45) is 2.60. The van der Waals surface area contributed by atoms with E-state index >= 15 is 0 Å². The van der Waals surface area contributed by atoms with Crippen molar-refractivity contribution in [3.05, 3.63) is 18.0 Å². The van der Waals surface area contributed by atoms with Crippen LogP contribution in [-0.2, 0) is 0 Å². The first-order chi connectivity index (χ1) is 4.34. The van der Waals surface area contributed by atoms with Crippen LogP contribution in [-0.4, -0.2) is 21.8 Å². The van der Waals surface area contributed by atoms with Crippen molar-refractivity contribution in [1.82, 2.24) is 10.2 Å². The van der Waals surface area contributed by atoms with Gasteiger partial charge in [-0.05, 0) is 0 Å². The number of nitrogens with zero attached hydrogens (tertiary/aromatic N) is 1. The normalized spacial score (nSPS) is 13.6. The average Bonchev–Trinajstić information content (AvgIpc) is 2.37. The zero-order chi connectivity index (χ0) is 6.69. The number of rotatable bonds is 2. The summed E-state index contributed by atoms with van der Waals surface area (Å²) in [5.41, 5.74) is 5.91. The summed E-state index contributed by atoms with van der Waals surface area (Å²) in [5, 5.41) is 15.3. The van der Waals surface area contributed by atoms with Gasteiger partial charge >= 0.3 is 0 Å². The second kappa shape index (κ2) is 2.61. The molecule has 1 heterocycles. The van der Waals surface area contributed by atoms with Crippen LogP contribution in [0.4, 0.5) is 0 Å². The predicted molar refractivity (Wildman–Crippen MR) is 32.6 cm³/mol. The van der Waals surface area contributed by atoms with E-state index in [4.69, 9.17) is 10.8 Å². The number of H-pyrrole nitrogens is 1. The number of aromatic amines is 1. The standard InChI is InChI=1S/C5H9N3O/c6-1-5(9)4-2-7-8-3-4/h2-3,5,9H,1,6H2,(H,7,8). The van der Waals surface area contributed by atoms with Gasteiger partial charge in [-0.25, -0.2) is 0 Å². The van der Waals surface area contributed by atoms with E-state index in [2.05, 4.69) is 10.2 Å². The number of hydrogen-bond donors (Lipinski definition) is 3. The summed E-state index contributed by atoms with van der Waals surface area (Å²) in [7, 11) is 0. The predicted octanol–water partition coefficient (Wildman–Crippen LogP) is -0.598. The van der Waals surface area contributed by atoms with Gasteiger partial charge in [0.2, 0.25) is 0 Å². The van der Waals surface area contributed by atoms with Crippen molar-refractivity contribution in [2.75, 3.05) is 6.54 Å². The molecule has 0 saturated carbocycles. The molecule has 0 aromatic carbocycles. The highest BCUT2D eigenvalue weighted by Gasteiger charge is 2.03. The fraction of sp³-hybridized carbons (Fsp3) is 0.400. The number of nitrogens with two attached hydrogens (primary N) is 1. The van der Waals surface area contributed by atoms with Crippen LogP contribution in [0, 0.1) is 0 Å². The first-order valence-electron chi connectivity index (χ1n) is 2.71. The maximum atomic E-state index is 9.03. The first kappa shape index (κ1) is 6.25. The van der Waals surface area contributed by atoms with E-state index in [0.717, 1.165) is 5.56 Å². The van der Waals surface area contributed by atoms with Crippen molar-refractivity contribution in [1.29, 1.82) is 0 Å². The lowest BCUT2D eigenvalue weighted by Crippen LogP contribution is -2.10. The Bertz CT molecular complexity index is 161. The summed E-state index contributed by atoms with van der Waals surface area (Å²) in [5.74, 6) is 0. The third-order valence-electron chi connectivity index (χ3n) is 1.13. The molecular weight excluding hydrogens is 118 g/mol. The van der Waals surface area contributed by atoms with E-state index in [1.54, 1.807) is 12.4 Å². The molecule has 0 amide bonds. The second-order valence-corrected chi connectivity index (χ2v) is 1.78. The smallest absolute Gasteiger partial charge is 0.0942 e. The Morgan fingerprint density at radius 3 is 3.11 bits per heavy atom. The quantitative estimate of drug-likeness (QED) is 0.496. The number of hydrogen-bond acceptors (Lipinski definition) is 3. The lowest BCUT2D eigenvalue weighted by atomic mass is 10.2. The highest BCUT2D eigenvalue weighted by atomic mass is 16.3. The highest BCUT2D eigenvalue weighted by Crippen LogP contribution is 2.06. The van der Waals surface area contributed by atoms with E-state index in [1.807, 2.05) is 0 Å². The van der Waals surface area contributed by atoms with E-state index in [1.165, 1.54) is 0 Å². The number of aromatic nitrogens is 2. The molecule has 1 aromatic heterocycles. The van der Waals surface area contributed by atoms with Gasteiger partial charge in [0.1, 0.15) is 0 Å². The molecule has 1 rings (SSSR count). The summed E-state index contributed by atoms with van der Waals surface area (Å²) in [6.45, 7) is 0.236. The fourth-order valence-electron chi connectivity index (χ4n) is 0.579. The molecule has 1 atom stereocenters. The average molecular weight is 127 g/mol. The molecule has 0 aliphatic rings. The van der Waals surface area contributed by atoms with Gasteiger partial charge in [-0.1, -0.05) is 0 Å². The summed E-state index contributed by atoms with van der Waals surface area (Å²) in [6, 6.07) is 0. The van der Waals surface area contributed by atoms with E-state index in [9.17, 15) is 0 Å². The van der Waals surface area contributed by atoms with Crippen LogP contribution in [0.3, 0.4) is 0 Å². The van der Waals surface area contributed by atoms with Gasteiger partial charge in [0.05, 0.1) is 12.3 Å². The third kappa shape index (κ3) is 1.28. The van der Waals surface area contributed by atoms with Gasteiger partial charge in [-0.2, -0.15) is 5.10 Å². The van der Waals surface area contributed by atoms with Crippen molar-refractivity contribution in [2.24, 2.45) is 5.73 Å². The summed E-state index contributed by atoms with van der Waals surface area (Å²) in [4.78, 5) is 0. The Morgan fingerprint density at radius 1 is 1.89 bits per heavy atom. The minimum Gasteiger partial charge on any atom is -0.387 e. The topological polar surface area (TPSA) is 74.9 Å². The largest absolute Gasteiger partial charge is 0.387 e. The molecule has 4 nitrogen and oxygen atoms in total. The minimum absolute atomic E-state index is 0.236. The SMILES string of the molecule is NCC(O)c1cn[nH]c1. The lowest BCUT2D eigenvalue weighted by molar-refractivity contribution is 0.187. The molecule has 50 valence electrons. The van der Waals surface area contributed by atoms with Gasteiger partial charge in [0, 0.05) is 18.3 Å². The van der Waals surface area contributed by atoms with E-state index in [0.29, 0.717) is 0 Å². The van der Waals surface area contributed by atoms with Gasteiger partial charge in [0.15, 0.2) is 0 Å². The Labute approximate surface area is 52.7 Å². The number of aliphatic hydroxyl groups is 1. The molecule has 9 heavy (non-hydrogen) atoms.